The zero-order valence-corrected chi connectivity index (χ0v) is 11.2. The Bertz CT molecular complexity index is 530. The lowest BCUT2D eigenvalue weighted by Gasteiger charge is -2.05. The summed E-state index contributed by atoms with van der Waals surface area (Å²) in [5.41, 5.74) is 1.03. The number of carboxylic acids is 1. The maximum Gasteiger partial charge on any atom is 0.341 e. The summed E-state index contributed by atoms with van der Waals surface area (Å²) in [7, 11) is -2.88. The molecule has 20 heavy (non-hydrogen) atoms. The molecule has 1 rings (SSSR count). The van der Waals surface area contributed by atoms with Crippen molar-refractivity contribution in [2.75, 3.05) is 13.3 Å². The van der Waals surface area contributed by atoms with Gasteiger partial charge in [0.25, 0.3) is 11.0 Å². The number of carbonyl (C=O) groups excluding carboxylic acids is 1. The average Bonchev–Trinajstić information content (AvgIpc) is 2.41. The molecular formula is C11H13NO7S. The Kier molecular flexibility index (Phi) is 6.64. The van der Waals surface area contributed by atoms with Crippen molar-refractivity contribution in [3.05, 3.63) is 35.4 Å². The Morgan fingerprint density at radius 1 is 1.20 bits per heavy atom. The van der Waals surface area contributed by atoms with Crippen LogP contribution in [0.5, 0.6) is 0 Å². The van der Waals surface area contributed by atoms with E-state index >= 15 is 0 Å². The predicted octanol–water partition coefficient (Wildman–Crippen LogP) is -0.482. The standard InChI is InChI=1S/C11H13NO7S/c13-10(14)6-18-11(15)9-3-1-8(2-4-9)5-12-7-19-20(16)17/h1-4,12,20H,5-7H2,(H,13,14). The van der Waals surface area contributed by atoms with Crippen molar-refractivity contribution in [2.24, 2.45) is 0 Å². The van der Waals surface area contributed by atoms with Crippen LogP contribution in [-0.2, 0) is 31.2 Å². The highest BCUT2D eigenvalue weighted by atomic mass is 32.2. The van der Waals surface area contributed by atoms with Crippen LogP contribution >= 0.6 is 0 Å². The lowest BCUT2D eigenvalue weighted by Crippen LogP contribution is -2.17. The Hall–Kier alpha value is -1.97. The summed E-state index contributed by atoms with van der Waals surface area (Å²) in [5.74, 6) is -1.95. The fraction of sp³-hybridized carbons (Fsp3) is 0.273. The molecule has 0 aromatic heterocycles. The van der Waals surface area contributed by atoms with Gasteiger partial charge in [0.05, 0.1) is 5.56 Å². The van der Waals surface area contributed by atoms with Crippen LogP contribution in [0, 0.1) is 0 Å². The van der Waals surface area contributed by atoms with E-state index in [1.165, 1.54) is 12.1 Å². The quantitative estimate of drug-likeness (QED) is 0.255. The van der Waals surface area contributed by atoms with Crippen molar-refractivity contribution in [3.63, 3.8) is 0 Å². The third kappa shape index (κ3) is 6.27. The number of aliphatic carboxylic acids is 1. The molecule has 0 saturated carbocycles. The number of benzene rings is 1. The lowest BCUT2D eigenvalue weighted by atomic mass is 10.1. The van der Waals surface area contributed by atoms with E-state index < -0.39 is 29.5 Å². The van der Waals surface area contributed by atoms with Gasteiger partial charge in [0.1, 0.15) is 6.73 Å². The number of rotatable bonds is 8. The summed E-state index contributed by atoms with van der Waals surface area (Å²) >= 11 is 0. The van der Waals surface area contributed by atoms with Crippen LogP contribution in [0.1, 0.15) is 15.9 Å². The second-order valence-electron chi connectivity index (χ2n) is 3.59. The minimum atomic E-state index is -2.88. The summed E-state index contributed by atoms with van der Waals surface area (Å²) in [6.07, 6.45) is 0. The zero-order valence-electron chi connectivity index (χ0n) is 10.3. The molecule has 0 fully saturated rings. The number of thiol groups is 1. The first kappa shape index (κ1) is 16.1. The summed E-state index contributed by atoms with van der Waals surface area (Å²) in [6.45, 7) is -0.471. The summed E-state index contributed by atoms with van der Waals surface area (Å²) in [4.78, 5) is 21.7. The van der Waals surface area contributed by atoms with Crippen LogP contribution in [-0.4, -0.2) is 38.8 Å². The monoisotopic (exact) mass is 303 g/mol. The SMILES string of the molecule is O=C(O)COC(=O)c1ccc(CNCO[SH](=O)=O)cc1. The number of hydrogen-bond acceptors (Lipinski definition) is 7. The van der Waals surface area contributed by atoms with Gasteiger partial charge in [-0.25, -0.2) is 18.0 Å². The molecule has 0 aliphatic carbocycles. The second-order valence-corrected chi connectivity index (χ2v) is 4.30. The lowest BCUT2D eigenvalue weighted by molar-refractivity contribution is -0.140. The van der Waals surface area contributed by atoms with Gasteiger partial charge in [0.2, 0.25) is 0 Å². The van der Waals surface area contributed by atoms with E-state index in [-0.39, 0.29) is 12.3 Å². The van der Waals surface area contributed by atoms with E-state index in [0.717, 1.165) is 5.56 Å². The first-order valence-corrected chi connectivity index (χ1v) is 6.54. The number of carboxylic acid groups (broad SMARTS) is 1. The molecule has 0 radical (unpaired) electrons. The smallest absolute Gasteiger partial charge is 0.341 e. The van der Waals surface area contributed by atoms with E-state index in [0.29, 0.717) is 6.54 Å². The van der Waals surface area contributed by atoms with E-state index in [2.05, 4.69) is 14.2 Å². The van der Waals surface area contributed by atoms with E-state index in [4.69, 9.17) is 5.11 Å². The Balaban J connectivity index is 2.43. The molecular weight excluding hydrogens is 290 g/mol. The molecule has 110 valence electrons. The number of hydrogen-bond donors (Lipinski definition) is 3. The van der Waals surface area contributed by atoms with Crippen molar-refractivity contribution in [2.45, 2.75) is 6.54 Å². The highest BCUT2D eigenvalue weighted by molar-refractivity contribution is 7.67. The van der Waals surface area contributed by atoms with Gasteiger partial charge in [-0.15, -0.1) is 0 Å². The van der Waals surface area contributed by atoms with Gasteiger partial charge in [-0.2, -0.15) is 0 Å². The summed E-state index contributed by atoms with van der Waals surface area (Å²) in [6, 6.07) is 6.22. The van der Waals surface area contributed by atoms with E-state index in [1.54, 1.807) is 12.1 Å². The van der Waals surface area contributed by atoms with Crippen molar-refractivity contribution >= 4 is 22.9 Å². The zero-order chi connectivity index (χ0) is 15.0. The van der Waals surface area contributed by atoms with Gasteiger partial charge < -0.3 is 9.84 Å². The highest BCUT2D eigenvalue weighted by Gasteiger charge is 2.08. The predicted molar refractivity (Wildman–Crippen MR) is 67.5 cm³/mol. The van der Waals surface area contributed by atoms with Crippen LogP contribution in [0.25, 0.3) is 0 Å². The van der Waals surface area contributed by atoms with Crippen molar-refractivity contribution in [1.82, 2.24) is 5.32 Å². The first-order valence-electron chi connectivity index (χ1n) is 5.45. The number of ether oxygens (including phenoxy) is 1. The molecule has 2 N–H and O–H groups in total. The van der Waals surface area contributed by atoms with Gasteiger partial charge in [-0.1, -0.05) is 12.1 Å². The van der Waals surface area contributed by atoms with Gasteiger partial charge in [0.15, 0.2) is 6.61 Å². The summed E-state index contributed by atoms with van der Waals surface area (Å²) in [5, 5.41) is 11.1. The Labute approximate surface area is 116 Å². The molecule has 9 heteroatoms. The number of carbonyl (C=O) groups is 2. The third-order valence-corrected chi connectivity index (χ3v) is 2.46. The molecule has 0 unspecified atom stereocenters. The molecule has 0 amide bonds. The fourth-order valence-electron chi connectivity index (χ4n) is 1.26. The average molecular weight is 303 g/mol. The first-order chi connectivity index (χ1) is 9.49. The largest absolute Gasteiger partial charge is 0.479 e. The number of esters is 1. The molecule has 0 spiro atoms. The fourth-order valence-corrected chi connectivity index (χ4v) is 1.46. The van der Waals surface area contributed by atoms with Crippen molar-refractivity contribution < 1.29 is 32.0 Å². The maximum absolute atomic E-state index is 11.4. The Morgan fingerprint density at radius 2 is 1.85 bits per heavy atom. The highest BCUT2D eigenvalue weighted by Crippen LogP contribution is 2.06. The van der Waals surface area contributed by atoms with Crippen LogP contribution in [0.15, 0.2) is 24.3 Å². The molecule has 0 aliphatic rings. The molecule has 0 atom stereocenters. The van der Waals surface area contributed by atoms with E-state index in [9.17, 15) is 18.0 Å². The summed E-state index contributed by atoms with van der Waals surface area (Å²) < 4.78 is 29.0. The van der Waals surface area contributed by atoms with Gasteiger partial charge >= 0.3 is 11.9 Å². The van der Waals surface area contributed by atoms with Gasteiger partial charge in [-0.3, -0.25) is 9.50 Å². The number of nitrogens with one attached hydrogen (secondary N) is 1. The topological polar surface area (TPSA) is 119 Å². The van der Waals surface area contributed by atoms with Crippen LogP contribution < -0.4 is 5.32 Å². The molecule has 0 heterocycles. The van der Waals surface area contributed by atoms with E-state index in [1.807, 2.05) is 0 Å². The maximum atomic E-state index is 11.4. The minimum absolute atomic E-state index is 0.138. The van der Waals surface area contributed by atoms with Crippen LogP contribution in [0.4, 0.5) is 0 Å². The normalized spacial score (nSPS) is 10.4. The van der Waals surface area contributed by atoms with Crippen LogP contribution in [0.2, 0.25) is 0 Å². The molecule has 0 aliphatic heterocycles. The molecule has 0 bridgehead atoms. The van der Waals surface area contributed by atoms with Gasteiger partial charge in [0, 0.05) is 6.54 Å². The van der Waals surface area contributed by atoms with Crippen molar-refractivity contribution in [3.8, 4) is 0 Å². The third-order valence-electron chi connectivity index (χ3n) is 2.12. The molecule has 1 aromatic carbocycles. The minimum Gasteiger partial charge on any atom is -0.479 e. The Morgan fingerprint density at radius 3 is 2.40 bits per heavy atom. The van der Waals surface area contributed by atoms with Crippen LogP contribution in [0.3, 0.4) is 0 Å². The molecule has 8 nitrogen and oxygen atoms in total. The second kappa shape index (κ2) is 8.25. The molecule has 0 saturated heterocycles. The van der Waals surface area contributed by atoms with Crippen molar-refractivity contribution in [1.29, 1.82) is 0 Å². The molecule has 1 aromatic rings. The van der Waals surface area contributed by atoms with Gasteiger partial charge in [-0.05, 0) is 17.7 Å².